The summed E-state index contributed by atoms with van der Waals surface area (Å²) >= 11 is 0. The molecule has 1 aromatic heterocycles. The van der Waals surface area contributed by atoms with Gasteiger partial charge in [0.1, 0.15) is 11.6 Å². The summed E-state index contributed by atoms with van der Waals surface area (Å²) in [6.45, 7) is 4.49. The van der Waals surface area contributed by atoms with Gasteiger partial charge >= 0.3 is 6.09 Å². The molecule has 0 aliphatic carbocycles. The number of nitrogens with zero attached hydrogens (tertiary/aromatic N) is 5. The number of ether oxygens (including phenoxy) is 1. The van der Waals surface area contributed by atoms with Crippen LogP contribution in [0.3, 0.4) is 0 Å². The number of carbonyl (C=O) groups excluding carboxylic acids is 1. The molecule has 1 aliphatic heterocycles. The number of aromatic nitrogens is 2. The molecule has 16 heteroatoms. The lowest BCUT2D eigenvalue weighted by atomic mass is 10.1. The molecule has 13 nitrogen and oxygen atoms in total. The first-order chi connectivity index (χ1) is 21.6. The Kier molecular flexibility index (Phi) is 10.7. The van der Waals surface area contributed by atoms with Crippen molar-refractivity contribution in [2.24, 2.45) is 0 Å². The zero-order valence-corrected chi connectivity index (χ0v) is 27.4. The summed E-state index contributed by atoms with van der Waals surface area (Å²) in [5.74, 6) is -2.88. The number of hydrogen-bond acceptors (Lipinski definition) is 9. The lowest BCUT2D eigenvalue weighted by Crippen LogP contribution is -2.37. The van der Waals surface area contributed by atoms with E-state index in [0.29, 0.717) is 41.7 Å². The first kappa shape index (κ1) is 34.7. The normalized spacial score (nSPS) is 14.9. The molecular formula is C30H39F2N7O6S. The summed E-state index contributed by atoms with van der Waals surface area (Å²) in [6.07, 6.45) is -1.50. The number of carbonyl (C=O) groups is 2. The Bertz CT molecular complexity index is 1700. The molecule has 46 heavy (non-hydrogen) atoms. The second-order valence-corrected chi connectivity index (χ2v) is 13.5. The highest BCUT2D eigenvalue weighted by atomic mass is 32.2. The number of nitrogens with one attached hydrogen (secondary N) is 2. The number of fused-ring (bicyclic) bond motifs is 1. The van der Waals surface area contributed by atoms with Crippen LogP contribution < -0.4 is 15.5 Å². The molecule has 3 aromatic rings. The zero-order chi connectivity index (χ0) is 33.9. The lowest BCUT2D eigenvalue weighted by Gasteiger charge is -2.28. The Balaban J connectivity index is 1.68. The number of methoxy groups -OCH3 is 1. The summed E-state index contributed by atoms with van der Waals surface area (Å²) < 4.78 is 61.3. The van der Waals surface area contributed by atoms with E-state index < -0.39 is 38.6 Å². The summed E-state index contributed by atoms with van der Waals surface area (Å²) in [5.41, 5.74) is 1.92. The Hall–Kier alpha value is -4.12. The Morgan fingerprint density at radius 1 is 1.11 bits per heavy atom. The molecule has 0 bridgehead atoms. The monoisotopic (exact) mass is 663 g/mol. The Morgan fingerprint density at radius 3 is 2.39 bits per heavy atom. The van der Waals surface area contributed by atoms with Crippen molar-refractivity contribution in [1.82, 2.24) is 19.0 Å². The van der Waals surface area contributed by atoms with Crippen molar-refractivity contribution in [3.8, 4) is 0 Å². The predicted molar refractivity (Wildman–Crippen MR) is 169 cm³/mol. The largest absolute Gasteiger partial charge is 0.463 e. The van der Waals surface area contributed by atoms with E-state index in [0.717, 1.165) is 9.99 Å². The maximum atomic E-state index is 13.9. The van der Waals surface area contributed by atoms with Gasteiger partial charge in [0.2, 0.25) is 10.0 Å². The standard InChI is InChI=1S/C30H39F2N7O6S/c1-18(17-45-6)33-26-14-22(37(5)15-19(2)36(3)4)7-8-24(26)29(40)34-28-25-16-38(10-9-27(25)39(35-28)30(41)42)46(43,44)23-12-20(31)11-21(32)13-23/h7-8,11-14,18-19,33H,9-10,15-17H2,1-6H3,(H,41,42)(H,34,35,40)/t18?,19-/m0/s1. The topological polar surface area (TPSA) is 149 Å². The molecule has 0 saturated heterocycles. The van der Waals surface area contributed by atoms with Gasteiger partial charge in [-0.25, -0.2) is 22.0 Å². The van der Waals surface area contributed by atoms with Crippen molar-refractivity contribution in [1.29, 1.82) is 0 Å². The molecule has 2 aromatic carbocycles. The molecule has 2 atom stereocenters. The van der Waals surface area contributed by atoms with E-state index in [2.05, 4.69) is 32.5 Å². The number of halogens is 2. The Morgan fingerprint density at radius 2 is 1.78 bits per heavy atom. The minimum atomic E-state index is -4.38. The number of hydrogen-bond donors (Lipinski definition) is 3. The molecule has 1 unspecified atom stereocenters. The highest BCUT2D eigenvalue weighted by Crippen LogP contribution is 2.32. The van der Waals surface area contributed by atoms with Crippen LogP contribution in [-0.4, -0.2) is 105 Å². The van der Waals surface area contributed by atoms with Crippen LogP contribution in [0.4, 0.5) is 30.8 Å². The van der Waals surface area contributed by atoms with Gasteiger partial charge < -0.3 is 30.3 Å². The highest BCUT2D eigenvalue weighted by Gasteiger charge is 2.35. The molecule has 0 fully saturated rings. The molecule has 0 radical (unpaired) electrons. The van der Waals surface area contributed by atoms with Crippen LogP contribution in [-0.2, 0) is 27.7 Å². The van der Waals surface area contributed by atoms with Gasteiger partial charge in [-0.2, -0.15) is 8.99 Å². The van der Waals surface area contributed by atoms with E-state index >= 15 is 0 Å². The van der Waals surface area contributed by atoms with Gasteiger partial charge in [0, 0.05) is 75.3 Å². The number of likely N-dealkylation sites (N-methyl/N-ethyl adjacent to an activating group) is 2. The number of benzene rings is 2. The van der Waals surface area contributed by atoms with Gasteiger partial charge in [0.25, 0.3) is 5.91 Å². The molecule has 250 valence electrons. The van der Waals surface area contributed by atoms with Gasteiger partial charge in [0.15, 0.2) is 5.82 Å². The van der Waals surface area contributed by atoms with E-state index in [9.17, 15) is 31.9 Å². The lowest BCUT2D eigenvalue weighted by molar-refractivity contribution is 0.102. The average Bonchev–Trinajstić information content (AvgIpc) is 3.34. The SMILES string of the molecule is COCC(C)Nc1cc(N(C)C[C@H](C)N(C)C)ccc1C(=O)Nc1nn(C(=O)O)c2c1CN(S(=O)(=O)c1cc(F)cc(F)c1)CC2. The second-order valence-electron chi connectivity index (χ2n) is 11.5. The van der Waals surface area contributed by atoms with E-state index in [1.165, 1.54) is 0 Å². The minimum absolute atomic E-state index is 0.0741. The maximum absolute atomic E-state index is 13.9. The van der Waals surface area contributed by atoms with Crippen molar-refractivity contribution in [3.05, 3.63) is 64.9 Å². The third kappa shape index (κ3) is 7.63. The molecule has 1 amide bonds. The predicted octanol–water partition coefficient (Wildman–Crippen LogP) is 3.52. The number of carboxylic acid groups (broad SMARTS) is 1. The van der Waals surface area contributed by atoms with Crippen molar-refractivity contribution < 1.29 is 36.6 Å². The Labute approximate surface area is 266 Å². The fourth-order valence-corrected chi connectivity index (χ4v) is 6.62. The second kappa shape index (κ2) is 14.1. The number of amides is 1. The fourth-order valence-electron chi connectivity index (χ4n) is 5.17. The summed E-state index contributed by atoms with van der Waals surface area (Å²) in [6, 6.07) is 7.31. The molecular weight excluding hydrogens is 624 g/mol. The molecule has 1 aliphatic rings. The fraction of sp³-hybridized carbons (Fsp3) is 0.433. The molecule has 2 heterocycles. The van der Waals surface area contributed by atoms with Gasteiger partial charge in [-0.15, -0.1) is 5.10 Å². The van der Waals surface area contributed by atoms with Gasteiger partial charge in [0.05, 0.1) is 22.8 Å². The van der Waals surface area contributed by atoms with Crippen LogP contribution in [0.1, 0.15) is 35.5 Å². The summed E-state index contributed by atoms with van der Waals surface area (Å²) in [5, 5.41) is 19.8. The highest BCUT2D eigenvalue weighted by molar-refractivity contribution is 7.89. The number of sulfonamides is 1. The van der Waals surface area contributed by atoms with E-state index in [-0.39, 0.29) is 54.2 Å². The summed E-state index contributed by atoms with van der Waals surface area (Å²) in [4.78, 5) is 29.3. The van der Waals surface area contributed by atoms with Crippen molar-refractivity contribution >= 4 is 39.2 Å². The first-order valence-electron chi connectivity index (χ1n) is 14.5. The average molecular weight is 664 g/mol. The van der Waals surface area contributed by atoms with Gasteiger partial charge in [-0.1, -0.05) is 0 Å². The van der Waals surface area contributed by atoms with E-state index in [4.69, 9.17) is 4.74 Å². The minimum Gasteiger partial charge on any atom is -0.463 e. The van der Waals surface area contributed by atoms with Crippen LogP contribution >= 0.6 is 0 Å². The number of anilines is 3. The van der Waals surface area contributed by atoms with Crippen molar-refractivity contribution in [2.75, 3.05) is 63.5 Å². The summed E-state index contributed by atoms with van der Waals surface area (Å²) in [7, 11) is 3.11. The third-order valence-corrected chi connectivity index (χ3v) is 9.66. The maximum Gasteiger partial charge on any atom is 0.432 e. The quantitative estimate of drug-likeness (QED) is 0.263. The zero-order valence-electron chi connectivity index (χ0n) is 26.5. The smallest absolute Gasteiger partial charge is 0.432 e. The van der Waals surface area contributed by atoms with E-state index in [1.807, 2.05) is 34.1 Å². The van der Waals surface area contributed by atoms with Crippen LogP contribution in [0.25, 0.3) is 0 Å². The molecule has 4 rings (SSSR count). The van der Waals surface area contributed by atoms with Crippen LogP contribution in [0.2, 0.25) is 0 Å². The number of rotatable bonds is 12. The van der Waals surface area contributed by atoms with E-state index in [1.54, 1.807) is 19.2 Å². The van der Waals surface area contributed by atoms with Gasteiger partial charge in [-0.3, -0.25) is 4.79 Å². The van der Waals surface area contributed by atoms with Crippen LogP contribution in [0.5, 0.6) is 0 Å². The van der Waals surface area contributed by atoms with Crippen LogP contribution in [0.15, 0.2) is 41.3 Å². The van der Waals surface area contributed by atoms with Crippen molar-refractivity contribution in [2.45, 2.75) is 43.8 Å². The molecule has 3 N–H and O–H groups in total. The van der Waals surface area contributed by atoms with Gasteiger partial charge in [-0.05, 0) is 58.3 Å². The third-order valence-electron chi connectivity index (χ3n) is 7.84. The molecule has 0 spiro atoms. The van der Waals surface area contributed by atoms with Crippen molar-refractivity contribution in [3.63, 3.8) is 0 Å². The van der Waals surface area contributed by atoms with Crippen LogP contribution in [0, 0.1) is 11.6 Å². The molecule has 0 saturated carbocycles. The first-order valence-corrected chi connectivity index (χ1v) is 15.9.